The minimum absolute atomic E-state index is 0.0419. The third-order valence-electron chi connectivity index (χ3n) is 3.47. The lowest BCUT2D eigenvalue weighted by Crippen LogP contribution is -2.20. The van der Waals surface area contributed by atoms with E-state index in [4.69, 9.17) is 4.74 Å². The summed E-state index contributed by atoms with van der Waals surface area (Å²) in [6.45, 7) is 3.30. The van der Waals surface area contributed by atoms with Crippen LogP contribution in [0.3, 0.4) is 0 Å². The Morgan fingerprint density at radius 1 is 1.11 bits per heavy atom. The standard InChI is InChI=1S/C19H18N2O6S/c1-3-27-19(26)15-11(2)16(17(25)20-12-7-5-4-6-8-12)28-18(15)21-13(22)9-10-14(23)24/h4-10H,3H2,1-2H3,(H,20,25)(H,21,22)(H,23,24)/p-1/b10-9-. The maximum Gasteiger partial charge on any atom is 0.341 e. The van der Waals surface area contributed by atoms with Gasteiger partial charge in [-0.3, -0.25) is 9.59 Å². The van der Waals surface area contributed by atoms with Crippen molar-refractivity contribution in [2.24, 2.45) is 0 Å². The van der Waals surface area contributed by atoms with E-state index < -0.39 is 23.8 Å². The lowest BCUT2D eigenvalue weighted by atomic mass is 10.1. The van der Waals surface area contributed by atoms with E-state index in [-0.39, 0.29) is 22.0 Å². The van der Waals surface area contributed by atoms with E-state index in [1.807, 2.05) is 0 Å². The first kappa shape index (κ1) is 20.8. The molecule has 0 unspecified atom stereocenters. The van der Waals surface area contributed by atoms with Gasteiger partial charge in [0, 0.05) is 11.8 Å². The molecule has 8 nitrogen and oxygen atoms in total. The Balaban J connectivity index is 2.36. The first-order chi connectivity index (χ1) is 13.3. The number of carbonyl (C=O) groups is 4. The van der Waals surface area contributed by atoms with E-state index in [2.05, 4.69) is 10.6 Å². The number of rotatable bonds is 7. The number of carbonyl (C=O) groups excluding carboxylic acids is 4. The molecule has 0 bridgehead atoms. The van der Waals surface area contributed by atoms with Gasteiger partial charge in [-0.2, -0.15) is 0 Å². The number of anilines is 2. The van der Waals surface area contributed by atoms with Crippen LogP contribution in [0.5, 0.6) is 0 Å². The molecule has 2 N–H and O–H groups in total. The molecular formula is C19H17N2O6S-. The zero-order valence-corrected chi connectivity index (χ0v) is 15.9. The van der Waals surface area contributed by atoms with Crippen LogP contribution in [0.4, 0.5) is 10.7 Å². The predicted molar refractivity (Wildman–Crippen MR) is 102 cm³/mol. The second-order valence-corrected chi connectivity index (χ2v) is 6.46. The Kier molecular flexibility index (Phi) is 7.05. The Morgan fingerprint density at radius 3 is 2.39 bits per heavy atom. The summed E-state index contributed by atoms with van der Waals surface area (Å²) in [5.41, 5.74) is 0.955. The van der Waals surface area contributed by atoms with Crippen LogP contribution in [-0.2, 0) is 14.3 Å². The van der Waals surface area contributed by atoms with E-state index in [9.17, 15) is 24.3 Å². The molecule has 1 heterocycles. The van der Waals surface area contributed by atoms with Gasteiger partial charge in [-0.25, -0.2) is 4.79 Å². The van der Waals surface area contributed by atoms with Crippen LogP contribution in [0, 0.1) is 6.92 Å². The zero-order chi connectivity index (χ0) is 20.7. The molecule has 0 saturated carbocycles. The van der Waals surface area contributed by atoms with Gasteiger partial charge >= 0.3 is 5.97 Å². The van der Waals surface area contributed by atoms with Gasteiger partial charge in [0.05, 0.1) is 23.0 Å². The van der Waals surface area contributed by atoms with E-state index in [0.717, 1.165) is 17.4 Å². The van der Waals surface area contributed by atoms with Crippen LogP contribution in [0.25, 0.3) is 0 Å². The topological polar surface area (TPSA) is 125 Å². The number of thiophene rings is 1. The van der Waals surface area contributed by atoms with Crippen LogP contribution in [0.15, 0.2) is 42.5 Å². The second kappa shape index (κ2) is 9.47. The van der Waals surface area contributed by atoms with Gasteiger partial charge in [0.25, 0.3) is 5.91 Å². The molecule has 0 aliphatic rings. The smallest absolute Gasteiger partial charge is 0.341 e. The van der Waals surface area contributed by atoms with Crippen molar-refractivity contribution < 1.29 is 29.0 Å². The molecule has 0 fully saturated rings. The number of benzene rings is 1. The summed E-state index contributed by atoms with van der Waals surface area (Å²) in [6.07, 6.45) is 1.31. The zero-order valence-electron chi connectivity index (χ0n) is 15.1. The minimum atomic E-state index is -1.54. The van der Waals surface area contributed by atoms with Crippen molar-refractivity contribution in [1.82, 2.24) is 0 Å². The third kappa shape index (κ3) is 5.27. The Bertz CT molecular complexity index is 933. The van der Waals surface area contributed by atoms with Crippen molar-refractivity contribution in [3.8, 4) is 0 Å². The van der Waals surface area contributed by atoms with Crippen molar-refractivity contribution in [3.63, 3.8) is 0 Å². The summed E-state index contributed by atoms with van der Waals surface area (Å²) in [5.74, 6) is -3.48. The average Bonchev–Trinajstić information content (AvgIpc) is 2.97. The quantitative estimate of drug-likeness (QED) is 0.538. The number of para-hydroxylation sites is 1. The highest BCUT2D eigenvalue weighted by molar-refractivity contribution is 7.19. The lowest BCUT2D eigenvalue weighted by Gasteiger charge is -2.06. The Hall–Kier alpha value is -3.46. The number of amides is 2. The highest BCUT2D eigenvalue weighted by Gasteiger charge is 2.26. The molecule has 1 aromatic heterocycles. The Morgan fingerprint density at radius 2 is 1.79 bits per heavy atom. The minimum Gasteiger partial charge on any atom is -0.545 e. The molecule has 2 aromatic rings. The normalized spacial score (nSPS) is 10.5. The predicted octanol–water partition coefficient (Wildman–Crippen LogP) is 1.73. The molecular weight excluding hydrogens is 384 g/mol. The van der Waals surface area contributed by atoms with Crippen molar-refractivity contribution in [2.45, 2.75) is 13.8 Å². The molecule has 146 valence electrons. The molecule has 2 amide bonds. The van der Waals surface area contributed by atoms with Gasteiger partial charge in [0.2, 0.25) is 5.91 Å². The van der Waals surface area contributed by atoms with Gasteiger partial charge in [-0.1, -0.05) is 18.2 Å². The SMILES string of the molecule is CCOC(=O)c1c(NC(=O)/C=C\C(=O)[O-])sc(C(=O)Nc2ccccc2)c1C. The van der Waals surface area contributed by atoms with Crippen molar-refractivity contribution in [1.29, 1.82) is 0 Å². The first-order valence-corrected chi connectivity index (χ1v) is 9.02. The lowest BCUT2D eigenvalue weighted by molar-refractivity contribution is -0.297. The molecule has 0 aliphatic heterocycles. The van der Waals surface area contributed by atoms with Crippen LogP contribution >= 0.6 is 11.3 Å². The maximum absolute atomic E-state index is 12.6. The Labute approximate surface area is 164 Å². The molecule has 0 radical (unpaired) electrons. The highest BCUT2D eigenvalue weighted by atomic mass is 32.1. The molecule has 0 saturated heterocycles. The van der Waals surface area contributed by atoms with Crippen molar-refractivity contribution in [2.75, 3.05) is 17.2 Å². The summed E-state index contributed by atoms with van der Waals surface area (Å²) < 4.78 is 5.00. The number of esters is 1. The molecule has 0 spiro atoms. The van der Waals surface area contributed by atoms with Crippen LogP contribution < -0.4 is 15.7 Å². The monoisotopic (exact) mass is 401 g/mol. The van der Waals surface area contributed by atoms with E-state index in [0.29, 0.717) is 17.3 Å². The van der Waals surface area contributed by atoms with Crippen LogP contribution in [0.1, 0.15) is 32.5 Å². The fourth-order valence-corrected chi connectivity index (χ4v) is 3.37. The van der Waals surface area contributed by atoms with Gasteiger partial charge in [0.15, 0.2) is 0 Å². The number of hydrogen-bond acceptors (Lipinski definition) is 7. The van der Waals surface area contributed by atoms with Gasteiger partial charge < -0.3 is 25.3 Å². The number of hydrogen-bond donors (Lipinski definition) is 2. The third-order valence-corrected chi connectivity index (χ3v) is 4.68. The highest BCUT2D eigenvalue weighted by Crippen LogP contribution is 2.34. The van der Waals surface area contributed by atoms with E-state index in [1.54, 1.807) is 44.2 Å². The fraction of sp³-hybridized carbons (Fsp3) is 0.158. The summed E-state index contributed by atoms with van der Waals surface area (Å²) in [4.78, 5) is 47.5. The number of ether oxygens (including phenoxy) is 1. The first-order valence-electron chi connectivity index (χ1n) is 8.20. The summed E-state index contributed by atoms with van der Waals surface area (Å²) in [7, 11) is 0. The molecule has 9 heteroatoms. The molecule has 28 heavy (non-hydrogen) atoms. The number of carboxylic acid groups (broad SMARTS) is 1. The van der Waals surface area contributed by atoms with E-state index >= 15 is 0 Å². The van der Waals surface area contributed by atoms with Crippen LogP contribution in [-0.4, -0.2) is 30.4 Å². The summed E-state index contributed by atoms with van der Waals surface area (Å²) in [5, 5.41) is 15.6. The average molecular weight is 401 g/mol. The molecule has 2 rings (SSSR count). The van der Waals surface area contributed by atoms with Crippen LogP contribution in [0.2, 0.25) is 0 Å². The number of carboxylic acids is 1. The van der Waals surface area contributed by atoms with Crippen molar-refractivity contribution >= 4 is 45.8 Å². The number of aliphatic carboxylic acids is 1. The fourth-order valence-electron chi connectivity index (χ4n) is 2.27. The molecule has 0 atom stereocenters. The second-order valence-electron chi connectivity index (χ2n) is 5.44. The van der Waals surface area contributed by atoms with Gasteiger partial charge in [-0.15, -0.1) is 11.3 Å². The van der Waals surface area contributed by atoms with Crippen molar-refractivity contribution in [3.05, 3.63) is 58.5 Å². The molecule has 1 aromatic carbocycles. The number of nitrogens with one attached hydrogen (secondary N) is 2. The van der Waals surface area contributed by atoms with Gasteiger partial charge in [0.1, 0.15) is 5.00 Å². The van der Waals surface area contributed by atoms with Gasteiger partial charge in [-0.05, 0) is 37.6 Å². The largest absolute Gasteiger partial charge is 0.545 e. The van der Waals surface area contributed by atoms with E-state index in [1.165, 1.54) is 0 Å². The maximum atomic E-state index is 12.6. The summed E-state index contributed by atoms with van der Waals surface area (Å²) in [6, 6.07) is 8.74. The molecule has 0 aliphatic carbocycles. The summed E-state index contributed by atoms with van der Waals surface area (Å²) >= 11 is 0.888.